The number of fused-ring (bicyclic) bond motifs is 2. The number of pyridine rings is 1. The van der Waals surface area contributed by atoms with Crippen LogP contribution in [-0.4, -0.2) is 108 Å². The number of nitrogens with zero attached hydrogens (tertiary/aromatic N) is 5. The van der Waals surface area contributed by atoms with Crippen LogP contribution >= 0.6 is 11.6 Å². The van der Waals surface area contributed by atoms with Gasteiger partial charge in [-0.25, -0.2) is 9.37 Å². The molecule has 11 heteroatoms. The number of carbonyl (C=O) groups is 2. The van der Waals surface area contributed by atoms with Crippen LogP contribution in [0.1, 0.15) is 30.6 Å². The Hall–Kier alpha value is -3.21. The van der Waals surface area contributed by atoms with E-state index in [-0.39, 0.29) is 63.6 Å². The Morgan fingerprint density at radius 2 is 1.95 bits per heavy atom. The molecule has 1 aromatic heterocycles. The second-order valence-corrected chi connectivity index (χ2v) is 12.2. The van der Waals surface area contributed by atoms with Crippen molar-refractivity contribution in [1.29, 1.82) is 0 Å². The highest BCUT2D eigenvalue weighted by atomic mass is 35.5. The van der Waals surface area contributed by atoms with Gasteiger partial charge in [0.2, 0.25) is 5.91 Å². The molecule has 2 atom stereocenters. The van der Waals surface area contributed by atoms with Crippen LogP contribution in [0.3, 0.4) is 0 Å². The summed E-state index contributed by atoms with van der Waals surface area (Å²) in [6, 6.07) is 6.50. The first-order chi connectivity index (χ1) is 19.6. The molecule has 0 bridgehead atoms. The van der Waals surface area contributed by atoms with Gasteiger partial charge in [0.05, 0.1) is 31.0 Å². The Balaban J connectivity index is 1.47. The number of amides is 2. The van der Waals surface area contributed by atoms with Crippen LogP contribution in [0.4, 0.5) is 10.2 Å². The molecule has 4 aliphatic rings. The van der Waals surface area contributed by atoms with Crippen molar-refractivity contribution in [3.05, 3.63) is 53.3 Å². The highest BCUT2D eigenvalue weighted by Gasteiger charge is 2.47. The number of anilines is 1. The van der Waals surface area contributed by atoms with E-state index in [1.54, 1.807) is 28.0 Å². The lowest BCUT2D eigenvalue weighted by molar-refractivity contribution is -0.128. The van der Waals surface area contributed by atoms with Gasteiger partial charge in [0.1, 0.15) is 28.8 Å². The van der Waals surface area contributed by atoms with Gasteiger partial charge in [0, 0.05) is 43.3 Å². The molecule has 1 aromatic carbocycles. The number of piperazine rings is 1. The Labute approximate surface area is 244 Å². The van der Waals surface area contributed by atoms with Crippen LogP contribution < -0.4 is 9.64 Å². The second kappa shape index (κ2) is 10.6. The molecular weight excluding hydrogens is 549 g/mol. The van der Waals surface area contributed by atoms with E-state index in [1.165, 1.54) is 12.1 Å². The SMILES string of the molecule is C=CC(=O)N1CCN2C(=O)c3c(N4CC(N(C)C5COC5)CC4(C)C)nc(-c4ccccc4F)c(Cl)c3OCC2C1. The predicted molar refractivity (Wildman–Crippen MR) is 154 cm³/mol. The third kappa shape index (κ3) is 4.75. The minimum atomic E-state index is -0.466. The maximum Gasteiger partial charge on any atom is 0.261 e. The summed E-state index contributed by atoms with van der Waals surface area (Å²) < 4.78 is 26.9. The lowest BCUT2D eigenvalue weighted by Crippen LogP contribution is -2.57. The van der Waals surface area contributed by atoms with Crippen LogP contribution in [0.15, 0.2) is 36.9 Å². The van der Waals surface area contributed by atoms with Gasteiger partial charge in [-0.3, -0.25) is 14.5 Å². The first kappa shape index (κ1) is 27.9. The Bertz CT molecular complexity index is 1400. The van der Waals surface area contributed by atoms with Crippen LogP contribution in [0, 0.1) is 5.82 Å². The summed E-state index contributed by atoms with van der Waals surface area (Å²) in [7, 11) is 2.11. The quantitative estimate of drug-likeness (QED) is 0.499. The molecule has 6 rings (SSSR count). The molecule has 218 valence electrons. The second-order valence-electron chi connectivity index (χ2n) is 11.9. The Morgan fingerprint density at radius 3 is 2.63 bits per heavy atom. The number of rotatable bonds is 5. The maximum absolute atomic E-state index is 15.1. The number of aromatic nitrogens is 1. The zero-order valence-electron chi connectivity index (χ0n) is 23.6. The van der Waals surface area contributed by atoms with Gasteiger partial charge < -0.3 is 24.2 Å². The number of halogens is 2. The normalized spacial score (nSPS) is 24.0. The average molecular weight is 584 g/mol. The lowest BCUT2D eigenvalue weighted by Gasteiger charge is -2.40. The molecule has 2 aromatic rings. The zero-order chi connectivity index (χ0) is 29.1. The highest BCUT2D eigenvalue weighted by Crippen LogP contribution is 2.47. The first-order valence-corrected chi connectivity index (χ1v) is 14.4. The summed E-state index contributed by atoms with van der Waals surface area (Å²) >= 11 is 6.92. The van der Waals surface area contributed by atoms with Gasteiger partial charge in [-0.05, 0) is 45.5 Å². The summed E-state index contributed by atoms with van der Waals surface area (Å²) in [5, 5.41) is 0.0957. The molecule has 2 amide bonds. The van der Waals surface area contributed by atoms with Crippen molar-refractivity contribution < 1.29 is 23.5 Å². The molecule has 0 saturated carbocycles. The zero-order valence-corrected chi connectivity index (χ0v) is 24.4. The molecule has 4 aliphatic heterocycles. The van der Waals surface area contributed by atoms with Crippen molar-refractivity contribution in [3.8, 4) is 17.0 Å². The van der Waals surface area contributed by atoms with E-state index in [1.807, 2.05) is 0 Å². The predicted octanol–water partition coefficient (Wildman–Crippen LogP) is 3.46. The summed E-state index contributed by atoms with van der Waals surface area (Å²) in [4.78, 5) is 39.6. The number of ether oxygens (including phenoxy) is 2. The van der Waals surface area contributed by atoms with Gasteiger partial charge in [-0.1, -0.05) is 30.3 Å². The largest absolute Gasteiger partial charge is 0.489 e. The van der Waals surface area contributed by atoms with Crippen molar-refractivity contribution in [3.63, 3.8) is 0 Å². The number of carbonyl (C=O) groups excluding carboxylic acids is 2. The molecule has 41 heavy (non-hydrogen) atoms. The molecule has 0 radical (unpaired) electrons. The molecule has 2 unspecified atom stereocenters. The molecular formula is C30H35ClFN5O4. The van der Waals surface area contributed by atoms with E-state index in [4.69, 9.17) is 26.1 Å². The van der Waals surface area contributed by atoms with Gasteiger partial charge >= 0.3 is 0 Å². The Kier molecular flexibility index (Phi) is 7.20. The van der Waals surface area contributed by atoms with Crippen LogP contribution in [0.25, 0.3) is 11.3 Å². The standard InChI is InChI=1S/C30H35ClFN5O4/c1-5-23(38)35-10-11-36-19(13-35)17-41-27-24(29(36)39)28(33-26(25(27)31)21-8-6-7-9-22(21)32)37-14-18(12-30(37,2)3)34(4)20-15-40-16-20/h5-9,18-20H,1,10-17H2,2-4H3. The summed E-state index contributed by atoms with van der Waals surface area (Å²) in [5.41, 5.74) is 0.379. The van der Waals surface area contributed by atoms with E-state index in [2.05, 4.69) is 37.3 Å². The number of benzene rings is 1. The topological polar surface area (TPSA) is 78.5 Å². The van der Waals surface area contributed by atoms with Gasteiger partial charge in [-0.15, -0.1) is 0 Å². The fourth-order valence-electron chi connectivity index (χ4n) is 6.41. The molecule has 3 saturated heterocycles. The summed E-state index contributed by atoms with van der Waals surface area (Å²) in [6.07, 6.45) is 2.12. The van der Waals surface area contributed by atoms with E-state index < -0.39 is 5.82 Å². The minimum Gasteiger partial charge on any atom is -0.489 e. The molecule has 3 fully saturated rings. The maximum atomic E-state index is 15.1. The fourth-order valence-corrected chi connectivity index (χ4v) is 6.71. The monoisotopic (exact) mass is 583 g/mol. The highest BCUT2D eigenvalue weighted by molar-refractivity contribution is 6.35. The molecule has 9 nitrogen and oxygen atoms in total. The van der Waals surface area contributed by atoms with Crippen molar-refractivity contribution >= 4 is 29.2 Å². The van der Waals surface area contributed by atoms with Crippen LogP contribution in [0.5, 0.6) is 5.75 Å². The summed E-state index contributed by atoms with van der Waals surface area (Å²) in [5.74, 6) is -0.267. The van der Waals surface area contributed by atoms with E-state index in [0.29, 0.717) is 51.3 Å². The molecule has 0 N–H and O–H groups in total. The van der Waals surface area contributed by atoms with Crippen molar-refractivity contribution in [1.82, 2.24) is 19.7 Å². The summed E-state index contributed by atoms with van der Waals surface area (Å²) in [6.45, 7) is 11.1. The molecule has 0 spiro atoms. The van der Waals surface area contributed by atoms with Crippen molar-refractivity contribution in [2.75, 3.05) is 57.9 Å². The van der Waals surface area contributed by atoms with Crippen LogP contribution in [0.2, 0.25) is 5.02 Å². The van der Waals surface area contributed by atoms with Crippen LogP contribution in [-0.2, 0) is 9.53 Å². The smallest absolute Gasteiger partial charge is 0.261 e. The average Bonchev–Trinajstić information content (AvgIpc) is 3.17. The third-order valence-electron chi connectivity index (χ3n) is 8.96. The molecule has 5 heterocycles. The Morgan fingerprint density at radius 1 is 1.20 bits per heavy atom. The van der Waals surface area contributed by atoms with E-state index in [9.17, 15) is 9.59 Å². The fraction of sp³-hybridized carbons (Fsp3) is 0.500. The van der Waals surface area contributed by atoms with E-state index >= 15 is 4.39 Å². The first-order valence-electron chi connectivity index (χ1n) is 14.0. The number of hydrogen-bond acceptors (Lipinski definition) is 7. The van der Waals surface area contributed by atoms with Crippen molar-refractivity contribution in [2.45, 2.75) is 43.9 Å². The molecule has 0 aliphatic carbocycles. The minimum absolute atomic E-state index is 0.0957. The van der Waals surface area contributed by atoms with Gasteiger partial charge in [0.15, 0.2) is 5.75 Å². The number of likely N-dealkylation sites (N-methyl/N-ethyl adjacent to an activating group) is 1. The third-order valence-corrected chi connectivity index (χ3v) is 9.31. The van der Waals surface area contributed by atoms with Gasteiger partial charge in [-0.2, -0.15) is 0 Å². The van der Waals surface area contributed by atoms with E-state index in [0.717, 1.165) is 6.42 Å². The van der Waals surface area contributed by atoms with Gasteiger partial charge in [0.25, 0.3) is 5.91 Å². The van der Waals surface area contributed by atoms with Crippen molar-refractivity contribution in [2.24, 2.45) is 0 Å². The lowest BCUT2D eigenvalue weighted by atomic mass is 9.98. The number of hydrogen-bond donors (Lipinski definition) is 0.